The summed E-state index contributed by atoms with van der Waals surface area (Å²) in [5.74, 6) is -0.833. The monoisotopic (exact) mass is 254 g/mol. The van der Waals surface area contributed by atoms with Crippen LogP contribution in [0, 0.1) is 5.92 Å². The molecule has 2 unspecified atom stereocenters. The SMILES string of the molecule is CC(CCC(=O)O)CNC(=O)C(C)n1cncn1. The third kappa shape index (κ3) is 4.52. The zero-order valence-electron chi connectivity index (χ0n) is 10.5. The van der Waals surface area contributed by atoms with E-state index in [1.54, 1.807) is 6.92 Å². The number of rotatable bonds is 7. The van der Waals surface area contributed by atoms with Gasteiger partial charge in [0.2, 0.25) is 5.91 Å². The molecule has 2 N–H and O–H groups in total. The lowest BCUT2D eigenvalue weighted by Crippen LogP contribution is -2.34. The molecule has 100 valence electrons. The summed E-state index contributed by atoms with van der Waals surface area (Å²) in [6, 6.07) is -0.417. The van der Waals surface area contributed by atoms with Crippen molar-refractivity contribution in [2.75, 3.05) is 6.54 Å². The second-order valence-corrected chi connectivity index (χ2v) is 4.33. The quantitative estimate of drug-likeness (QED) is 0.736. The average Bonchev–Trinajstić information content (AvgIpc) is 2.86. The number of carbonyl (C=O) groups excluding carboxylic acids is 1. The maximum atomic E-state index is 11.8. The molecule has 1 rings (SSSR count). The lowest BCUT2D eigenvalue weighted by atomic mass is 10.1. The van der Waals surface area contributed by atoms with Gasteiger partial charge in [-0.25, -0.2) is 9.67 Å². The van der Waals surface area contributed by atoms with E-state index in [4.69, 9.17) is 5.11 Å². The maximum Gasteiger partial charge on any atom is 0.303 e. The Morgan fingerprint density at radius 2 is 2.17 bits per heavy atom. The van der Waals surface area contributed by atoms with Gasteiger partial charge in [0, 0.05) is 13.0 Å². The standard InChI is InChI=1S/C11H18N4O3/c1-8(3-4-10(16)17)5-13-11(18)9(2)15-7-12-6-14-15/h6-9H,3-5H2,1-2H3,(H,13,18)(H,16,17). The van der Waals surface area contributed by atoms with E-state index < -0.39 is 12.0 Å². The predicted molar refractivity (Wildman–Crippen MR) is 63.8 cm³/mol. The van der Waals surface area contributed by atoms with Crippen molar-refractivity contribution in [3.8, 4) is 0 Å². The highest BCUT2D eigenvalue weighted by molar-refractivity contribution is 5.79. The van der Waals surface area contributed by atoms with Gasteiger partial charge >= 0.3 is 5.97 Å². The molecule has 7 heteroatoms. The van der Waals surface area contributed by atoms with Crippen molar-refractivity contribution in [3.63, 3.8) is 0 Å². The maximum absolute atomic E-state index is 11.8. The smallest absolute Gasteiger partial charge is 0.303 e. The van der Waals surface area contributed by atoms with Crippen LogP contribution in [0.4, 0.5) is 0 Å². The number of aliphatic carboxylic acids is 1. The zero-order chi connectivity index (χ0) is 13.5. The Morgan fingerprint density at radius 3 is 2.72 bits per heavy atom. The van der Waals surface area contributed by atoms with Crippen molar-refractivity contribution < 1.29 is 14.7 Å². The predicted octanol–water partition coefficient (Wildman–Crippen LogP) is 0.456. The first-order valence-electron chi connectivity index (χ1n) is 5.84. The van der Waals surface area contributed by atoms with Crippen LogP contribution in [0.5, 0.6) is 0 Å². The summed E-state index contributed by atoms with van der Waals surface area (Å²) in [6.45, 7) is 4.10. The molecule has 0 aromatic carbocycles. The minimum atomic E-state index is -0.816. The molecule has 2 atom stereocenters. The van der Waals surface area contributed by atoms with Crippen LogP contribution in [0.3, 0.4) is 0 Å². The van der Waals surface area contributed by atoms with E-state index in [1.807, 2.05) is 6.92 Å². The molecule has 0 aliphatic carbocycles. The van der Waals surface area contributed by atoms with Crippen molar-refractivity contribution in [1.29, 1.82) is 0 Å². The van der Waals surface area contributed by atoms with Crippen LogP contribution in [0.2, 0.25) is 0 Å². The van der Waals surface area contributed by atoms with E-state index in [-0.39, 0.29) is 18.2 Å². The average molecular weight is 254 g/mol. The van der Waals surface area contributed by atoms with Crippen LogP contribution in [0.25, 0.3) is 0 Å². The first-order chi connectivity index (χ1) is 8.50. The van der Waals surface area contributed by atoms with E-state index in [2.05, 4.69) is 15.4 Å². The van der Waals surface area contributed by atoms with Crippen molar-refractivity contribution in [1.82, 2.24) is 20.1 Å². The van der Waals surface area contributed by atoms with Gasteiger partial charge in [-0.2, -0.15) is 5.10 Å². The second kappa shape index (κ2) is 6.73. The van der Waals surface area contributed by atoms with Crippen LogP contribution in [0.1, 0.15) is 32.7 Å². The fourth-order valence-electron chi connectivity index (χ4n) is 1.43. The zero-order valence-corrected chi connectivity index (χ0v) is 10.5. The number of nitrogens with zero attached hydrogens (tertiary/aromatic N) is 3. The van der Waals surface area contributed by atoms with Crippen molar-refractivity contribution in [3.05, 3.63) is 12.7 Å². The normalized spacial score (nSPS) is 13.9. The lowest BCUT2D eigenvalue weighted by Gasteiger charge is -2.15. The summed E-state index contributed by atoms with van der Waals surface area (Å²) in [4.78, 5) is 25.9. The topological polar surface area (TPSA) is 97.1 Å². The number of hydrogen-bond acceptors (Lipinski definition) is 4. The van der Waals surface area contributed by atoms with Gasteiger partial charge in [-0.05, 0) is 19.3 Å². The molecule has 1 aromatic heterocycles. The molecule has 0 saturated heterocycles. The molecule has 18 heavy (non-hydrogen) atoms. The summed E-state index contributed by atoms with van der Waals surface area (Å²) in [7, 11) is 0. The van der Waals surface area contributed by atoms with Crippen molar-refractivity contribution >= 4 is 11.9 Å². The van der Waals surface area contributed by atoms with Crippen LogP contribution in [-0.2, 0) is 9.59 Å². The number of hydrogen-bond donors (Lipinski definition) is 2. The van der Waals surface area contributed by atoms with Gasteiger partial charge in [-0.1, -0.05) is 6.92 Å². The first-order valence-corrected chi connectivity index (χ1v) is 5.84. The molecule has 1 aromatic rings. The largest absolute Gasteiger partial charge is 0.481 e. The van der Waals surface area contributed by atoms with Gasteiger partial charge in [-0.3, -0.25) is 9.59 Å². The lowest BCUT2D eigenvalue weighted by molar-refractivity contribution is -0.137. The minimum Gasteiger partial charge on any atom is -0.481 e. The molecule has 0 saturated carbocycles. The van der Waals surface area contributed by atoms with Crippen LogP contribution < -0.4 is 5.32 Å². The van der Waals surface area contributed by atoms with Crippen LogP contribution in [-0.4, -0.2) is 38.3 Å². The Labute approximate surface area is 105 Å². The molecule has 0 spiro atoms. The Balaban J connectivity index is 2.30. The van der Waals surface area contributed by atoms with E-state index in [0.29, 0.717) is 13.0 Å². The first kappa shape index (κ1) is 14.1. The Hall–Kier alpha value is -1.92. The van der Waals surface area contributed by atoms with Gasteiger partial charge in [0.05, 0.1) is 0 Å². The minimum absolute atomic E-state index is 0.121. The molecule has 1 heterocycles. The molecular weight excluding hydrogens is 236 g/mol. The van der Waals surface area contributed by atoms with E-state index >= 15 is 0 Å². The number of aromatic nitrogens is 3. The highest BCUT2D eigenvalue weighted by atomic mass is 16.4. The number of carboxylic acid groups (broad SMARTS) is 1. The fourth-order valence-corrected chi connectivity index (χ4v) is 1.43. The summed E-state index contributed by atoms with van der Waals surface area (Å²) >= 11 is 0. The highest BCUT2D eigenvalue weighted by Crippen LogP contribution is 2.06. The van der Waals surface area contributed by atoms with Crippen LogP contribution in [0.15, 0.2) is 12.7 Å². The third-order valence-corrected chi connectivity index (χ3v) is 2.69. The Morgan fingerprint density at radius 1 is 1.44 bits per heavy atom. The fraction of sp³-hybridized carbons (Fsp3) is 0.636. The van der Waals surface area contributed by atoms with Gasteiger partial charge in [0.1, 0.15) is 18.7 Å². The summed E-state index contributed by atoms with van der Waals surface area (Å²) in [6.07, 6.45) is 3.53. The molecule has 7 nitrogen and oxygen atoms in total. The van der Waals surface area contributed by atoms with E-state index in [0.717, 1.165) is 0 Å². The molecule has 0 aliphatic rings. The summed E-state index contributed by atoms with van der Waals surface area (Å²) in [5, 5.41) is 15.2. The summed E-state index contributed by atoms with van der Waals surface area (Å²) < 4.78 is 1.47. The second-order valence-electron chi connectivity index (χ2n) is 4.33. The molecule has 0 fully saturated rings. The number of carboxylic acids is 1. The van der Waals surface area contributed by atoms with Gasteiger partial charge in [-0.15, -0.1) is 0 Å². The van der Waals surface area contributed by atoms with E-state index in [9.17, 15) is 9.59 Å². The van der Waals surface area contributed by atoms with Gasteiger partial charge in [0.15, 0.2) is 0 Å². The van der Waals surface area contributed by atoms with Crippen molar-refractivity contribution in [2.24, 2.45) is 5.92 Å². The third-order valence-electron chi connectivity index (χ3n) is 2.69. The number of carbonyl (C=O) groups is 2. The van der Waals surface area contributed by atoms with Crippen molar-refractivity contribution in [2.45, 2.75) is 32.7 Å². The summed E-state index contributed by atoms with van der Waals surface area (Å²) in [5.41, 5.74) is 0. The number of nitrogens with one attached hydrogen (secondary N) is 1. The Kier molecular flexibility index (Phi) is 5.29. The van der Waals surface area contributed by atoms with E-state index in [1.165, 1.54) is 17.3 Å². The molecule has 1 amide bonds. The van der Waals surface area contributed by atoms with Gasteiger partial charge < -0.3 is 10.4 Å². The molecule has 0 bridgehead atoms. The molecule has 0 radical (unpaired) electrons. The Bertz CT molecular complexity index is 391. The van der Waals surface area contributed by atoms with Gasteiger partial charge in [0.25, 0.3) is 0 Å². The molecule has 0 aliphatic heterocycles. The molecular formula is C11H18N4O3. The van der Waals surface area contributed by atoms with Crippen LogP contribution >= 0.6 is 0 Å². The number of amides is 1. The highest BCUT2D eigenvalue weighted by Gasteiger charge is 2.16.